The molecular formula is C11H20N2O2. The summed E-state index contributed by atoms with van der Waals surface area (Å²) < 4.78 is 5.01. The van der Waals surface area contributed by atoms with Gasteiger partial charge in [-0.15, -0.1) is 0 Å². The maximum atomic E-state index is 12.0. The van der Waals surface area contributed by atoms with Crippen LogP contribution in [0.1, 0.15) is 27.7 Å². The van der Waals surface area contributed by atoms with E-state index in [9.17, 15) is 4.79 Å². The van der Waals surface area contributed by atoms with Gasteiger partial charge in [-0.3, -0.25) is 4.79 Å². The van der Waals surface area contributed by atoms with Crippen molar-refractivity contribution in [3.05, 3.63) is 0 Å². The first-order valence-electron chi connectivity index (χ1n) is 5.12. The predicted molar refractivity (Wildman–Crippen MR) is 58.1 cm³/mol. The molecule has 4 heteroatoms. The van der Waals surface area contributed by atoms with E-state index in [0.717, 1.165) is 0 Å². The second kappa shape index (κ2) is 5.72. The first-order chi connectivity index (χ1) is 6.90. The largest absolute Gasteiger partial charge is 0.383 e. The summed E-state index contributed by atoms with van der Waals surface area (Å²) in [4.78, 5) is 13.7. The highest BCUT2D eigenvalue weighted by Crippen LogP contribution is 2.19. The van der Waals surface area contributed by atoms with Crippen molar-refractivity contribution in [2.75, 3.05) is 20.3 Å². The molecule has 86 valence electrons. The average molecular weight is 212 g/mol. The fourth-order valence-electron chi connectivity index (χ4n) is 1.39. The number of carbonyl (C=O) groups is 1. The molecule has 0 heterocycles. The summed E-state index contributed by atoms with van der Waals surface area (Å²) in [6.07, 6.45) is 0. The minimum atomic E-state index is -0.960. The van der Waals surface area contributed by atoms with E-state index >= 15 is 0 Å². The summed E-state index contributed by atoms with van der Waals surface area (Å²) in [5.74, 6) is -0.142. The number of ether oxygens (including phenoxy) is 1. The maximum absolute atomic E-state index is 12.0. The van der Waals surface area contributed by atoms with Gasteiger partial charge in [-0.2, -0.15) is 5.26 Å². The molecule has 0 aliphatic rings. The van der Waals surface area contributed by atoms with Crippen LogP contribution in [0.15, 0.2) is 0 Å². The molecule has 0 aliphatic carbocycles. The second-order valence-corrected chi connectivity index (χ2v) is 4.13. The first-order valence-corrected chi connectivity index (χ1v) is 5.12. The zero-order chi connectivity index (χ0) is 12.1. The Kier molecular flexibility index (Phi) is 5.31. The molecule has 15 heavy (non-hydrogen) atoms. The van der Waals surface area contributed by atoms with Gasteiger partial charge < -0.3 is 9.64 Å². The van der Waals surface area contributed by atoms with E-state index in [-0.39, 0.29) is 11.9 Å². The number of rotatable bonds is 5. The number of carbonyl (C=O) groups excluding carboxylic acids is 1. The molecule has 0 aliphatic heterocycles. The maximum Gasteiger partial charge on any atom is 0.242 e. The van der Waals surface area contributed by atoms with Crippen LogP contribution in [-0.2, 0) is 9.53 Å². The predicted octanol–water partition coefficient (Wildman–Crippen LogP) is 1.42. The number of methoxy groups -OCH3 is 1. The summed E-state index contributed by atoms with van der Waals surface area (Å²) in [7, 11) is 1.60. The van der Waals surface area contributed by atoms with Gasteiger partial charge in [0.1, 0.15) is 5.41 Å². The number of likely N-dealkylation sites (N-methyl/N-ethyl adjacent to an activating group) is 1. The van der Waals surface area contributed by atoms with Gasteiger partial charge in [0.2, 0.25) is 5.91 Å². The average Bonchev–Trinajstić information content (AvgIpc) is 2.19. The van der Waals surface area contributed by atoms with Gasteiger partial charge in [0.15, 0.2) is 0 Å². The van der Waals surface area contributed by atoms with Crippen molar-refractivity contribution >= 4 is 5.91 Å². The molecule has 0 spiro atoms. The Bertz CT molecular complexity index is 256. The summed E-state index contributed by atoms with van der Waals surface area (Å²) in [5, 5.41) is 8.89. The highest BCUT2D eigenvalue weighted by atomic mass is 16.5. The fraction of sp³-hybridized carbons (Fsp3) is 0.818. The SMILES string of the molecule is CCN(C(=O)C(C)(C)C#N)C(C)COC. The Morgan fingerprint density at radius 1 is 1.60 bits per heavy atom. The Balaban J connectivity index is 4.70. The molecule has 4 nitrogen and oxygen atoms in total. The van der Waals surface area contributed by atoms with Crippen LogP contribution in [0, 0.1) is 16.7 Å². The van der Waals surface area contributed by atoms with E-state index in [1.807, 2.05) is 19.9 Å². The molecule has 0 N–H and O–H groups in total. The highest BCUT2D eigenvalue weighted by Gasteiger charge is 2.33. The van der Waals surface area contributed by atoms with Crippen molar-refractivity contribution in [2.24, 2.45) is 5.41 Å². The lowest BCUT2D eigenvalue weighted by Crippen LogP contribution is -2.46. The van der Waals surface area contributed by atoms with Crippen LogP contribution < -0.4 is 0 Å². The molecule has 0 rings (SSSR count). The van der Waals surface area contributed by atoms with E-state index in [1.54, 1.807) is 25.9 Å². The number of hydrogen-bond donors (Lipinski definition) is 0. The van der Waals surface area contributed by atoms with E-state index in [1.165, 1.54) is 0 Å². The van der Waals surface area contributed by atoms with Gasteiger partial charge in [0, 0.05) is 13.7 Å². The van der Waals surface area contributed by atoms with Crippen LogP contribution in [0.3, 0.4) is 0 Å². The van der Waals surface area contributed by atoms with Crippen molar-refractivity contribution in [1.82, 2.24) is 4.90 Å². The molecule has 0 saturated heterocycles. The van der Waals surface area contributed by atoms with Crippen LogP contribution in [0.2, 0.25) is 0 Å². The monoisotopic (exact) mass is 212 g/mol. The Hall–Kier alpha value is -1.08. The minimum absolute atomic E-state index is 0.000116. The number of nitriles is 1. The lowest BCUT2D eigenvalue weighted by molar-refractivity contribution is -0.140. The lowest BCUT2D eigenvalue weighted by Gasteiger charge is -2.31. The van der Waals surface area contributed by atoms with E-state index < -0.39 is 5.41 Å². The molecule has 0 bridgehead atoms. The summed E-state index contributed by atoms with van der Waals surface area (Å²) in [6, 6.07) is 2.02. The smallest absolute Gasteiger partial charge is 0.242 e. The molecule has 0 aromatic rings. The van der Waals surface area contributed by atoms with Gasteiger partial charge in [-0.05, 0) is 27.7 Å². The van der Waals surface area contributed by atoms with Gasteiger partial charge in [-0.25, -0.2) is 0 Å². The molecule has 1 amide bonds. The highest BCUT2D eigenvalue weighted by molar-refractivity contribution is 5.84. The molecule has 0 aromatic heterocycles. The van der Waals surface area contributed by atoms with Crippen LogP contribution in [0.25, 0.3) is 0 Å². The number of hydrogen-bond acceptors (Lipinski definition) is 3. The van der Waals surface area contributed by atoms with Crippen molar-refractivity contribution in [1.29, 1.82) is 5.26 Å². The van der Waals surface area contributed by atoms with Crippen molar-refractivity contribution < 1.29 is 9.53 Å². The van der Waals surface area contributed by atoms with Crippen molar-refractivity contribution in [3.63, 3.8) is 0 Å². The van der Waals surface area contributed by atoms with E-state index in [0.29, 0.717) is 13.2 Å². The standard InChI is InChI=1S/C11H20N2O2/c1-6-13(9(2)7-15-5)10(14)11(3,4)8-12/h9H,6-7H2,1-5H3. The van der Waals surface area contributed by atoms with E-state index in [2.05, 4.69) is 0 Å². The van der Waals surface area contributed by atoms with Crippen LogP contribution in [0.4, 0.5) is 0 Å². The van der Waals surface area contributed by atoms with Gasteiger partial charge in [0.25, 0.3) is 0 Å². The normalized spacial score (nSPS) is 13.1. The summed E-state index contributed by atoms with van der Waals surface area (Å²) in [6.45, 7) is 8.17. The molecule has 1 atom stereocenters. The third kappa shape index (κ3) is 3.52. The first kappa shape index (κ1) is 13.9. The fourth-order valence-corrected chi connectivity index (χ4v) is 1.39. The van der Waals surface area contributed by atoms with Gasteiger partial charge in [0.05, 0.1) is 18.7 Å². The second-order valence-electron chi connectivity index (χ2n) is 4.13. The van der Waals surface area contributed by atoms with Gasteiger partial charge >= 0.3 is 0 Å². The zero-order valence-corrected chi connectivity index (χ0v) is 10.2. The molecular weight excluding hydrogens is 192 g/mol. The molecule has 0 radical (unpaired) electrons. The lowest BCUT2D eigenvalue weighted by atomic mass is 9.93. The van der Waals surface area contributed by atoms with E-state index in [4.69, 9.17) is 10.00 Å². The summed E-state index contributed by atoms with van der Waals surface area (Å²) in [5.41, 5.74) is -0.960. The minimum Gasteiger partial charge on any atom is -0.383 e. The van der Waals surface area contributed by atoms with Crippen molar-refractivity contribution in [2.45, 2.75) is 33.7 Å². The third-order valence-electron chi connectivity index (χ3n) is 2.36. The van der Waals surface area contributed by atoms with Gasteiger partial charge in [-0.1, -0.05) is 0 Å². The quantitative estimate of drug-likeness (QED) is 0.692. The Morgan fingerprint density at radius 2 is 2.13 bits per heavy atom. The van der Waals surface area contributed by atoms with Crippen LogP contribution in [-0.4, -0.2) is 37.1 Å². The number of nitrogens with zero attached hydrogens (tertiary/aromatic N) is 2. The molecule has 1 unspecified atom stereocenters. The summed E-state index contributed by atoms with van der Waals surface area (Å²) >= 11 is 0. The van der Waals surface area contributed by atoms with Crippen LogP contribution in [0.5, 0.6) is 0 Å². The third-order valence-corrected chi connectivity index (χ3v) is 2.36. The Labute approximate surface area is 91.8 Å². The molecule has 0 fully saturated rings. The topological polar surface area (TPSA) is 53.3 Å². The molecule has 0 aromatic carbocycles. The number of amides is 1. The zero-order valence-electron chi connectivity index (χ0n) is 10.2. The Morgan fingerprint density at radius 3 is 2.47 bits per heavy atom. The van der Waals surface area contributed by atoms with Crippen LogP contribution >= 0.6 is 0 Å². The molecule has 0 saturated carbocycles. The van der Waals surface area contributed by atoms with Crippen molar-refractivity contribution in [3.8, 4) is 6.07 Å².